The van der Waals surface area contributed by atoms with Crippen LogP contribution in [-0.2, 0) is 9.53 Å². The Balaban J connectivity index is 2.82. The van der Waals surface area contributed by atoms with Crippen molar-refractivity contribution in [2.75, 3.05) is 13.7 Å². The van der Waals surface area contributed by atoms with Crippen LogP contribution in [0.25, 0.3) is 0 Å². The Kier molecular flexibility index (Phi) is 4.58. The molecule has 0 radical (unpaired) electrons. The second-order valence-electron chi connectivity index (χ2n) is 3.22. The number of aliphatic hydroxyl groups is 1. The Labute approximate surface area is 98.7 Å². The van der Waals surface area contributed by atoms with Crippen LogP contribution in [0.2, 0.25) is 5.02 Å². The molecule has 0 bridgehead atoms. The van der Waals surface area contributed by atoms with E-state index in [0.29, 0.717) is 16.3 Å². The summed E-state index contributed by atoms with van der Waals surface area (Å²) in [7, 11) is 1.28. The largest absolute Gasteiger partial charge is 0.482 e. The molecule has 1 rings (SSSR count). The molecule has 16 heavy (non-hydrogen) atoms. The van der Waals surface area contributed by atoms with Crippen LogP contribution in [-0.4, -0.2) is 24.8 Å². The highest BCUT2D eigenvalue weighted by molar-refractivity contribution is 6.30. The van der Waals surface area contributed by atoms with Crippen LogP contribution in [0.3, 0.4) is 0 Å². The second kappa shape index (κ2) is 5.72. The van der Waals surface area contributed by atoms with E-state index in [-0.39, 0.29) is 6.61 Å². The average Bonchev–Trinajstić information content (AvgIpc) is 2.26. The fourth-order valence-corrected chi connectivity index (χ4v) is 1.35. The van der Waals surface area contributed by atoms with Crippen LogP contribution >= 0.6 is 11.6 Å². The van der Waals surface area contributed by atoms with Crippen LogP contribution in [0.15, 0.2) is 18.2 Å². The first-order valence-corrected chi connectivity index (χ1v) is 5.09. The highest BCUT2D eigenvalue weighted by atomic mass is 35.5. The summed E-state index contributed by atoms with van der Waals surface area (Å²) in [6, 6.07) is 4.83. The number of halogens is 1. The number of carbonyl (C=O) groups is 1. The number of esters is 1. The number of hydrogen-bond donors (Lipinski definition) is 1. The molecule has 0 saturated carbocycles. The quantitative estimate of drug-likeness (QED) is 0.823. The topological polar surface area (TPSA) is 55.8 Å². The third kappa shape index (κ3) is 3.40. The molecule has 0 fully saturated rings. The summed E-state index contributed by atoms with van der Waals surface area (Å²) in [4.78, 5) is 10.9. The lowest BCUT2D eigenvalue weighted by Gasteiger charge is -2.12. The van der Waals surface area contributed by atoms with Gasteiger partial charge in [0, 0.05) is 10.6 Å². The van der Waals surface area contributed by atoms with Gasteiger partial charge in [0.2, 0.25) is 0 Å². The molecule has 1 aromatic rings. The lowest BCUT2D eigenvalue weighted by atomic mass is 10.1. The van der Waals surface area contributed by atoms with Gasteiger partial charge in [0.1, 0.15) is 5.75 Å². The average molecular weight is 245 g/mol. The third-order valence-corrected chi connectivity index (χ3v) is 2.23. The van der Waals surface area contributed by atoms with Gasteiger partial charge in [0.05, 0.1) is 13.2 Å². The zero-order valence-electron chi connectivity index (χ0n) is 9.07. The number of carbonyl (C=O) groups excluding carboxylic acids is 1. The van der Waals surface area contributed by atoms with E-state index >= 15 is 0 Å². The SMILES string of the molecule is COC(=O)COc1ccc(Cl)cc1[C@H](C)O. The third-order valence-electron chi connectivity index (χ3n) is 2.00. The molecule has 5 heteroatoms. The monoisotopic (exact) mass is 244 g/mol. The summed E-state index contributed by atoms with van der Waals surface area (Å²) in [6.07, 6.45) is -0.716. The molecule has 1 N–H and O–H groups in total. The molecule has 0 saturated heterocycles. The minimum atomic E-state index is -0.716. The van der Waals surface area contributed by atoms with Crippen molar-refractivity contribution < 1.29 is 19.4 Å². The van der Waals surface area contributed by atoms with Crippen molar-refractivity contribution in [3.8, 4) is 5.75 Å². The van der Waals surface area contributed by atoms with Crippen molar-refractivity contribution in [1.29, 1.82) is 0 Å². The van der Waals surface area contributed by atoms with Gasteiger partial charge in [-0.1, -0.05) is 11.6 Å². The maximum Gasteiger partial charge on any atom is 0.343 e. The molecule has 4 nitrogen and oxygen atoms in total. The molecule has 0 unspecified atom stereocenters. The summed E-state index contributed by atoms with van der Waals surface area (Å²) in [5.41, 5.74) is 0.538. The minimum Gasteiger partial charge on any atom is -0.482 e. The number of aliphatic hydroxyl groups excluding tert-OH is 1. The van der Waals surface area contributed by atoms with Crippen LogP contribution in [0.1, 0.15) is 18.6 Å². The normalized spacial score (nSPS) is 12.0. The predicted molar refractivity (Wildman–Crippen MR) is 59.6 cm³/mol. The zero-order valence-corrected chi connectivity index (χ0v) is 9.82. The smallest absolute Gasteiger partial charge is 0.343 e. The molecule has 88 valence electrons. The predicted octanol–water partition coefficient (Wildman–Crippen LogP) is 1.95. The zero-order chi connectivity index (χ0) is 12.1. The number of ether oxygens (including phenoxy) is 2. The van der Waals surface area contributed by atoms with Crippen molar-refractivity contribution in [3.63, 3.8) is 0 Å². The van der Waals surface area contributed by atoms with Crippen molar-refractivity contribution in [1.82, 2.24) is 0 Å². The Bertz CT molecular complexity index is 376. The van der Waals surface area contributed by atoms with Crippen LogP contribution in [0.5, 0.6) is 5.75 Å². The van der Waals surface area contributed by atoms with Gasteiger partial charge >= 0.3 is 5.97 Å². The molecule has 0 aliphatic rings. The van der Waals surface area contributed by atoms with Gasteiger partial charge < -0.3 is 14.6 Å². The molecule has 0 aliphatic carbocycles. The van der Waals surface area contributed by atoms with Gasteiger partial charge in [-0.2, -0.15) is 0 Å². The number of methoxy groups -OCH3 is 1. The lowest BCUT2D eigenvalue weighted by molar-refractivity contribution is -0.142. The first kappa shape index (κ1) is 12.8. The summed E-state index contributed by atoms with van der Waals surface area (Å²) < 4.78 is 9.66. The Morgan fingerprint density at radius 3 is 2.81 bits per heavy atom. The van der Waals surface area contributed by atoms with Gasteiger partial charge in [-0.3, -0.25) is 0 Å². The standard InChI is InChI=1S/C11H13ClO4/c1-7(13)9-5-8(12)3-4-10(9)16-6-11(14)15-2/h3-5,7,13H,6H2,1-2H3/t7-/m0/s1. The molecule has 0 aromatic heterocycles. The molecule has 0 amide bonds. The van der Waals surface area contributed by atoms with Crippen molar-refractivity contribution in [2.45, 2.75) is 13.0 Å². The molecular formula is C11H13ClO4. The first-order valence-electron chi connectivity index (χ1n) is 4.71. The van der Waals surface area contributed by atoms with E-state index in [1.807, 2.05) is 0 Å². The molecule has 1 atom stereocenters. The van der Waals surface area contributed by atoms with Gasteiger partial charge in [-0.15, -0.1) is 0 Å². The van der Waals surface area contributed by atoms with E-state index in [0.717, 1.165) is 0 Å². The number of benzene rings is 1. The Morgan fingerprint density at radius 1 is 1.56 bits per heavy atom. The maximum absolute atomic E-state index is 10.9. The second-order valence-corrected chi connectivity index (χ2v) is 3.66. The molecular weight excluding hydrogens is 232 g/mol. The molecule has 1 aromatic carbocycles. The van der Waals surface area contributed by atoms with E-state index in [1.165, 1.54) is 7.11 Å². The fraction of sp³-hybridized carbons (Fsp3) is 0.364. The van der Waals surface area contributed by atoms with Gasteiger partial charge in [0.25, 0.3) is 0 Å². The van der Waals surface area contributed by atoms with Gasteiger partial charge in [-0.05, 0) is 25.1 Å². The summed E-state index contributed by atoms with van der Waals surface area (Å²) in [5, 5.41) is 10.00. The summed E-state index contributed by atoms with van der Waals surface area (Å²) in [5.74, 6) is -0.0590. The molecule has 0 spiro atoms. The lowest BCUT2D eigenvalue weighted by Crippen LogP contribution is -2.13. The first-order chi connectivity index (χ1) is 7.54. The van der Waals surface area contributed by atoms with E-state index in [9.17, 15) is 9.90 Å². The number of hydrogen-bond acceptors (Lipinski definition) is 4. The highest BCUT2D eigenvalue weighted by Crippen LogP contribution is 2.28. The minimum absolute atomic E-state index is 0.197. The van der Waals surface area contributed by atoms with Gasteiger partial charge in [-0.25, -0.2) is 4.79 Å². The Hall–Kier alpha value is -1.26. The molecule has 0 aliphatic heterocycles. The van der Waals surface area contributed by atoms with Crippen molar-refractivity contribution in [2.24, 2.45) is 0 Å². The maximum atomic E-state index is 10.9. The van der Waals surface area contributed by atoms with Crippen LogP contribution < -0.4 is 4.74 Å². The summed E-state index contributed by atoms with van der Waals surface area (Å²) in [6.45, 7) is 1.40. The van der Waals surface area contributed by atoms with E-state index in [4.69, 9.17) is 16.3 Å². The van der Waals surface area contributed by atoms with Gasteiger partial charge in [0.15, 0.2) is 6.61 Å². The van der Waals surface area contributed by atoms with Crippen molar-refractivity contribution >= 4 is 17.6 Å². The van der Waals surface area contributed by atoms with E-state index in [1.54, 1.807) is 25.1 Å². The Morgan fingerprint density at radius 2 is 2.25 bits per heavy atom. The van der Waals surface area contributed by atoms with Crippen LogP contribution in [0.4, 0.5) is 0 Å². The fourth-order valence-electron chi connectivity index (χ4n) is 1.17. The van der Waals surface area contributed by atoms with Crippen molar-refractivity contribution in [3.05, 3.63) is 28.8 Å². The summed E-state index contributed by atoms with van der Waals surface area (Å²) >= 11 is 5.79. The van der Waals surface area contributed by atoms with E-state index in [2.05, 4.69) is 4.74 Å². The van der Waals surface area contributed by atoms with Crippen LogP contribution in [0, 0.1) is 0 Å². The highest BCUT2D eigenvalue weighted by Gasteiger charge is 2.11. The van der Waals surface area contributed by atoms with E-state index < -0.39 is 12.1 Å². The number of rotatable bonds is 4. The molecule has 0 heterocycles.